The predicted molar refractivity (Wildman–Crippen MR) is 122 cm³/mol. The first-order chi connectivity index (χ1) is 17.3. The highest BCUT2D eigenvalue weighted by atomic mass is 19.4. The molecule has 4 N–H and O–H groups in total. The summed E-state index contributed by atoms with van der Waals surface area (Å²) in [6.45, 7) is 7.40. The van der Waals surface area contributed by atoms with Gasteiger partial charge in [-0.05, 0) is 38.8 Å². The van der Waals surface area contributed by atoms with Gasteiger partial charge in [0.25, 0.3) is 0 Å². The van der Waals surface area contributed by atoms with Crippen LogP contribution in [0.25, 0.3) is 0 Å². The average molecular weight is 565 g/mol. The summed E-state index contributed by atoms with van der Waals surface area (Å²) in [6, 6.07) is -0.365. The van der Waals surface area contributed by atoms with Crippen LogP contribution in [0.1, 0.15) is 38.8 Å². The van der Waals surface area contributed by atoms with Gasteiger partial charge in [0, 0.05) is 32.4 Å². The normalized spacial score (nSPS) is 16.1. The third-order valence-corrected chi connectivity index (χ3v) is 5.46. The Morgan fingerprint density at radius 2 is 1.53 bits per heavy atom. The Kier molecular flexibility index (Phi) is 14.3. The van der Waals surface area contributed by atoms with E-state index in [4.69, 9.17) is 25.5 Å². The lowest BCUT2D eigenvalue weighted by Crippen LogP contribution is -2.49. The van der Waals surface area contributed by atoms with E-state index >= 15 is 0 Å². The Labute approximate surface area is 215 Å². The third-order valence-electron chi connectivity index (χ3n) is 5.46. The van der Waals surface area contributed by atoms with E-state index in [1.54, 1.807) is 0 Å². The summed E-state index contributed by atoms with van der Waals surface area (Å²) in [5.74, 6) is -4.62. The molecule has 17 heteroatoms. The van der Waals surface area contributed by atoms with E-state index in [9.17, 15) is 31.1 Å². The quantitative estimate of drug-likeness (QED) is 0.423. The molecule has 2 rings (SSSR count). The minimum absolute atomic E-state index is 0.108. The smallest absolute Gasteiger partial charge is 0.475 e. The molecule has 1 fully saturated rings. The van der Waals surface area contributed by atoms with Crippen molar-refractivity contribution in [3.8, 4) is 0 Å². The van der Waals surface area contributed by atoms with Crippen LogP contribution in [0.4, 0.5) is 26.3 Å². The number of aromatic nitrogens is 3. The number of amides is 1. The number of rotatable bonds is 7. The number of carbonyl (C=O) groups is 3. The number of likely N-dealkylation sites (tertiary alicyclic amines) is 1. The van der Waals surface area contributed by atoms with Gasteiger partial charge in [-0.2, -0.15) is 26.3 Å². The highest BCUT2D eigenvalue weighted by Gasteiger charge is 2.39. The van der Waals surface area contributed by atoms with E-state index in [0.29, 0.717) is 5.92 Å². The lowest BCUT2D eigenvalue weighted by Gasteiger charge is -2.34. The van der Waals surface area contributed by atoms with Crippen LogP contribution in [0.15, 0.2) is 6.20 Å². The molecule has 1 aromatic rings. The van der Waals surface area contributed by atoms with Crippen molar-refractivity contribution in [3.05, 3.63) is 11.9 Å². The molecule has 1 amide bonds. The van der Waals surface area contributed by atoms with Crippen molar-refractivity contribution in [1.82, 2.24) is 24.8 Å². The summed E-state index contributed by atoms with van der Waals surface area (Å²) >= 11 is 0. The minimum atomic E-state index is -5.08. The lowest BCUT2D eigenvalue weighted by molar-refractivity contribution is -0.193. The zero-order valence-electron chi connectivity index (χ0n) is 21.5. The molecule has 0 aromatic carbocycles. The van der Waals surface area contributed by atoms with E-state index < -0.39 is 24.3 Å². The van der Waals surface area contributed by atoms with Crippen molar-refractivity contribution >= 4 is 17.8 Å². The number of hydrogen-bond acceptors (Lipinski definition) is 7. The molecule has 1 aliphatic heterocycles. The molecule has 0 unspecified atom stereocenters. The molecule has 0 aliphatic carbocycles. The fraction of sp³-hybridized carbons (Fsp3) is 0.762. The predicted octanol–water partition coefficient (Wildman–Crippen LogP) is 2.22. The Morgan fingerprint density at radius 1 is 1.08 bits per heavy atom. The van der Waals surface area contributed by atoms with Gasteiger partial charge in [0.05, 0.1) is 11.7 Å². The van der Waals surface area contributed by atoms with Gasteiger partial charge in [-0.3, -0.25) is 9.48 Å². The van der Waals surface area contributed by atoms with Crippen LogP contribution in [0.2, 0.25) is 0 Å². The van der Waals surface area contributed by atoms with E-state index in [2.05, 4.69) is 22.1 Å². The molecule has 1 saturated heterocycles. The molecule has 0 spiro atoms. The second kappa shape index (κ2) is 15.5. The maximum atomic E-state index is 12.4. The molecular weight excluding hydrogens is 530 g/mol. The maximum Gasteiger partial charge on any atom is 0.490 e. The second-order valence-corrected chi connectivity index (χ2v) is 8.96. The number of carbonyl (C=O) groups excluding carboxylic acids is 1. The van der Waals surface area contributed by atoms with Crippen LogP contribution in [0.3, 0.4) is 0 Å². The van der Waals surface area contributed by atoms with Crippen LogP contribution in [0.5, 0.6) is 0 Å². The number of hydrogen-bond donors (Lipinski definition) is 3. The van der Waals surface area contributed by atoms with Crippen LogP contribution in [0, 0.1) is 11.8 Å². The Bertz CT molecular complexity index is 861. The van der Waals surface area contributed by atoms with Gasteiger partial charge in [0.15, 0.2) is 0 Å². The number of carboxylic acid groups (broad SMARTS) is 2. The molecule has 1 aromatic heterocycles. The van der Waals surface area contributed by atoms with Crippen LogP contribution < -0.4 is 5.73 Å². The molecule has 2 heterocycles. The molecule has 0 bridgehead atoms. The van der Waals surface area contributed by atoms with Crippen molar-refractivity contribution in [2.75, 3.05) is 27.2 Å². The third kappa shape index (κ3) is 13.6. The lowest BCUT2D eigenvalue weighted by atomic mass is 9.94. The summed E-state index contributed by atoms with van der Waals surface area (Å²) in [5, 5.41) is 22.7. The van der Waals surface area contributed by atoms with Crippen molar-refractivity contribution in [1.29, 1.82) is 0 Å². The first kappa shape index (κ1) is 35.0. The molecule has 2 atom stereocenters. The second-order valence-electron chi connectivity index (χ2n) is 8.96. The van der Waals surface area contributed by atoms with Gasteiger partial charge in [0.1, 0.15) is 0 Å². The van der Waals surface area contributed by atoms with Gasteiger partial charge >= 0.3 is 24.3 Å². The first-order valence-corrected chi connectivity index (χ1v) is 11.5. The van der Waals surface area contributed by atoms with Gasteiger partial charge < -0.3 is 25.7 Å². The summed E-state index contributed by atoms with van der Waals surface area (Å²) in [4.78, 5) is 34.2. The Balaban J connectivity index is 0.000000804. The highest BCUT2D eigenvalue weighted by Crippen LogP contribution is 2.21. The highest BCUT2D eigenvalue weighted by molar-refractivity contribution is 5.82. The van der Waals surface area contributed by atoms with Crippen molar-refractivity contribution in [2.24, 2.45) is 17.6 Å². The summed E-state index contributed by atoms with van der Waals surface area (Å²) < 4.78 is 65.4. The van der Waals surface area contributed by atoms with Crippen molar-refractivity contribution < 1.29 is 50.9 Å². The average Bonchev–Trinajstić information content (AvgIpc) is 3.23. The van der Waals surface area contributed by atoms with Gasteiger partial charge in [-0.25, -0.2) is 9.59 Å². The minimum Gasteiger partial charge on any atom is -0.475 e. The molecule has 0 saturated carbocycles. The Morgan fingerprint density at radius 3 is 1.89 bits per heavy atom. The standard InChI is InChI=1S/C17H32N6O.2C2HF3O2/c1-5-13(2)16(18)17(24)22-8-6-14(7-9-22)10-23-12-15(19-20-23)11-21(3)4;2*3-2(4,5)1(6)7/h12-14,16H,5-11,18H2,1-4H3;2*(H,6,7)/t13-,16-;;/m0../s1. The van der Waals surface area contributed by atoms with Crippen molar-refractivity contribution in [3.63, 3.8) is 0 Å². The van der Waals surface area contributed by atoms with Crippen LogP contribution in [-0.2, 0) is 27.5 Å². The largest absolute Gasteiger partial charge is 0.490 e. The molecule has 220 valence electrons. The maximum absolute atomic E-state index is 12.4. The van der Waals surface area contributed by atoms with Crippen LogP contribution in [-0.4, -0.2) is 98.4 Å². The summed E-state index contributed by atoms with van der Waals surface area (Å²) in [6.07, 6.45) is -5.20. The number of piperidine rings is 1. The zero-order valence-corrected chi connectivity index (χ0v) is 21.5. The molecule has 1 aliphatic rings. The van der Waals surface area contributed by atoms with Gasteiger partial charge in [-0.1, -0.05) is 25.5 Å². The van der Waals surface area contributed by atoms with E-state index in [0.717, 1.165) is 51.1 Å². The van der Waals surface area contributed by atoms with E-state index in [1.165, 1.54) is 0 Å². The number of halogens is 6. The van der Waals surface area contributed by atoms with E-state index in [1.807, 2.05) is 36.8 Å². The molecular formula is C21H34F6N6O5. The monoisotopic (exact) mass is 564 g/mol. The molecule has 11 nitrogen and oxygen atoms in total. The Hall–Kier alpha value is -2.95. The van der Waals surface area contributed by atoms with E-state index in [-0.39, 0.29) is 17.9 Å². The first-order valence-electron chi connectivity index (χ1n) is 11.5. The zero-order chi connectivity index (χ0) is 29.8. The fourth-order valence-corrected chi connectivity index (χ4v) is 3.13. The van der Waals surface area contributed by atoms with Crippen molar-refractivity contribution in [2.45, 2.75) is 64.6 Å². The molecule has 38 heavy (non-hydrogen) atoms. The number of nitrogens with zero attached hydrogens (tertiary/aromatic N) is 5. The number of nitrogens with two attached hydrogens (primary N) is 1. The number of alkyl halides is 6. The fourth-order valence-electron chi connectivity index (χ4n) is 3.13. The summed E-state index contributed by atoms with van der Waals surface area (Å²) in [5.41, 5.74) is 7.08. The number of aliphatic carboxylic acids is 2. The SMILES string of the molecule is CC[C@H](C)[C@H](N)C(=O)N1CCC(Cn2cc(CN(C)C)nn2)CC1.O=C(O)C(F)(F)F.O=C(O)C(F)(F)F. The van der Waals surface area contributed by atoms with Gasteiger partial charge in [0.2, 0.25) is 5.91 Å². The van der Waals surface area contributed by atoms with Gasteiger partial charge in [-0.15, -0.1) is 5.10 Å². The summed E-state index contributed by atoms with van der Waals surface area (Å²) in [7, 11) is 4.05. The number of carboxylic acids is 2. The van der Waals surface area contributed by atoms with Crippen LogP contribution >= 0.6 is 0 Å². The molecule has 0 radical (unpaired) electrons. The topological polar surface area (TPSA) is 155 Å².